The number of amides is 2. The Labute approximate surface area is 117 Å². The highest BCUT2D eigenvalue weighted by molar-refractivity contribution is 5.89. The Morgan fingerprint density at radius 1 is 1.30 bits per heavy atom. The van der Waals surface area contributed by atoms with Crippen molar-refractivity contribution in [2.45, 2.75) is 6.92 Å². The van der Waals surface area contributed by atoms with Gasteiger partial charge in [0.1, 0.15) is 0 Å². The normalized spacial score (nSPS) is 10.4. The summed E-state index contributed by atoms with van der Waals surface area (Å²) >= 11 is 0. The van der Waals surface area contributed by atoms with Gasteiger partial charge in [-0.1, -0.05) is 12.1 Å². The molecule has 0 heterocycles. The number of hydrogen-bond donors (Lipinski definition) is 3. The van der Waals surface area contributed by atoms with E-state index in [1.807, 2.05) is 6.92 Å². The number of ether oxygens (including phenoxy) is 1. The lowest BCUT2D eigenvalue weighted by Crippen LogP contribution is -2.31. The van der Waals surface area contributed by atoms with Crippen LogP contribution in [0.5, 0.6) is 0 Å². The number of carbonyl (C=O) groups is 2. The first-order valence-corrected chi connectivity index (χ1v) is 6.25. The van der Waals surface area contributed by atoms with Crippen molar-refractivity contribution >= 4 is 23.8 Å². The Balaban J connectivity index is 2.41. The molecule has 0 saturated heterocycles. The molecule has 108 valence electrons. The first-order valence-electron chi connectivity index (χ1n) is 6.25. The van der Waals surface area contributed by atoms with Crippen molar-refractivity contribution < 1.29 is 19.4 Å². The predicted octanol–water partition coefficient (Wildman–Crippen LogP) is 1.94. The number of anilines is 1. The number of hydrogen-bond acceptors (Lipinski definition) is 3. The van der Waals surface area contributed by atoms with Crippen LogP contribution in [0.25, 0.3) is 6.08 Å². The first-order chi connectivity index (χ1) is 9.61. The molecule has 1 aromatic carbocycles. The number of aliphatic carboxylic acids is 1. The maximum Gasteiger partial charge on any atom is 0.328 e. The number of urea groups is 1. The van der Waals surface area contributed by atoms with Gasteiger partial charge in [-0.05, 0) is 30.7 Å². The molecule has 20 heavy (non-hydrogen) atoms. The number of carboxylic acid groups (broad SMARTS) is 1. The summed E-state index contributed by atoms with van der Waals surface area (Å²) in [7, 11) is 0. The average Bonchev–Trinajstić information content (AvgIpc) is 2.43. The van der Waals surface area contributed by atoms with Crippen molar-refractivity contribution in [3.8, 4) is 0 Å². The predicted molar refractivity (Wildman–Crippen MR) is 76.6 cm³/mol. The van der Waals surface area contributed by atoms with Gasteiger partial charge in [0.25, 0.3) is 0 Å². The Morgan fingerprint density at radius 3 is 2.60 bits per heavy atom. The third-order valence-corrected chi connectivity index (χ3v) is 2.32. The van der Waals surface area contributed by atoms with Crippen LogP contribution in [0.2, 0.25) is 0 Å². The van der Waals surface area contributed by atoms with Crippen molar-refractivity contribution in [2.24, 2.45) is 0 Å². The molecule has 0 aromatic heterocycles. The van der Waals surface area contributed by atoms with Gasteiger partial charge in [-0.15, -0.1) is 0 Å². The van der Waals surface area contributed by atoms with Crippen LogP contribution in [0.1, 0.15) is 12.5 Å². The average molecular weight is 278 g/mol. The van der Waals surface area contributed by atoms with Gasteiger partial charge in [-0.2, -0.15) is 0 Å². The highest BCUT2D eigenvalue weighted by Crippen LogP contribution is 2.10. The Bertz CT molecular complexity index is 469. The summed E-state index contributed by atoms with van der Waals surface area (Å²) in [5.41, 5.74) is 1.38. The quantitative estimate of drug-likeness (QED) is 0.525. The van der Waals surface area contributed by atoms with Crippen LogP contribution in [0.15, 0.2) is 30.3 Å². The van der Waals surface area contributed by atoms with Crippen molar-refractivity contribution in [1.29, 1.82) is 0 Å². The number of carboxylic acids is 1. The molecular formula is C14H18N2O4. The van der Waals surface area contributed by atoms with Crippen LogP contribution in [-0.2, 0) is 9.53 Å². The minimum Gasteiger partial charge on any atom is -0.478 e. The third-order valence-electron chi connectivity index (χ3n) is 2.32. The van der Waals surface area contributed by atoms with E-state index in [2.05, 4.69) is 10.6 Å². The monoisotopic (exact) mass is 278 g/mol. The van der Waals surface area contributed by atoms with E-state index in [0.717, 1.165) is 11.6 Å². The molecule has 1 aromatic rings. The molecule has 2 amide bonds. The fourth-order valence-electron chi connectivity index (χ4n) is 1.40. The van der Waals surface area contributed by atoms with Gasteiger partial charge in [0.05, 0.1) is 6.61 Å². The molecule has 0 atom stereocenters. The van der Waals surface area contributed by atoms with Crippen molar-refractivity contribution in [3.05, 3.63) is 35.9 Å². The summed E-state index contributed by atoms with van der Waals surface area (Å²) in [6, 6.07) is 6.52. The van der Waals surface area contributed by atoms with E-state index in [-0.39, 0.29) is 6.03 Å². The number of rotatable bonds is 7. The first kappa shape index (κ1) is 15.7. The van der Waals surface area contributed by atoms with Crippen LogP contribution in [0.3, 0.4) is 0 Å². The summed E-state index contributed by atoms with van der Waals surface area (Å²) in [5, 5.41) is 13.8. The summed E-state index contributed by atoms with van der Waals surface area (Å²) in [5.74, 6) is -0.999. The topological polar surface area (TPSA) is 87.7 Å². The van der Waals surface area contributed by atoms with Crippen LogP contribution < -0.4 is 10.6 Å². The Morgan fingerprint density at radius 2 is 2.00 bits per heavy atom. The summed E-state index contributed by atoms with van der Waals surface area (Å²) in [6.07, 6.45) is 2.54. The molecular weight excluding hydrogens is 260 g/mol. The second kappa shape index (κ2) is 8.71. The fraction of sp³-hybridized carbons (Fsp3) is 0.286. The van der Waals surface area contributed by atoms with Crippen LogP contribution >= 0.6 is 0 Å². The van der Waals surface area contributed by atoms with Gasteiger partial charge < -0.3 is 20.5 Å². The third kappa shape index (κ3) is 6.55. The van der Waals surface area contributed by atoms with Gasteiger partial charge in [-0.3, -0.25) is 0 Å². The minimum absolute atomic E-state index is 0.307. The Hall–Kier alpha value is -2.34. The minimum atomic E-state index is -0.999. The zero-order chi connectivity index (χ0) is 14.8. The second-order valence-corrected chi connectivity index (χ2v) is 3.87. The SMILES string of the molecule is CCOCCNC(=O)Nc1ccc(/C=C/C(=O)O)cc1. The summed E-state index contributed by atoms with van der Waals surface area (Å²) in [4.78, 5) is 21.9. The van der Waals surface area contributed by atoms with E-state index in [0.29, 0.717) is 25.4 Å². The molecule has 0 unspecified atom stereocenters. The van der Waals surface area contributed by atoms with Crippen molar-refractivity contribution in [1.82, 2.24) is 5.32 Å². The molecule has 0 fully saturated rings. The van der Waals surface area contributed by atoms with Crippen LogP contribution in [-0.4, -0.2) is 36.9 Å². The summed E-state index contributed by atoms with van der Waals surface area (Å²) in [6.45, 7) is 3.43. The molecule has 6 heteroatoms. The van der Waals surface area contributed by atoms with E-state index < -0.39 is 5.97 Å². The van der Waals surface area contributed by atoms with E-state index in [1.165, 1.54) is 6.08 Å². The highest BCUT2D eigenvalue weighted by atomic mass is 16.5. The molecule has 0 aliphatic heterocycles. The molecule has 0 saturated carbocycles. The largest absolute Gasteiger partial charge is 0.478 e. The van der Waals surface area contributed by atoms with Gasteiger partial charge in [0.15, 0.2) is 0 Å². The standard InChI is InChI=1S/C14H18N2O4/c1-2-20-10-9-15-14(19)16-12-6-3-11(4-7-12)5-8-13(17)18/h3-8H,2,9-10H2,1H3,(H,17,18)(H2,15,16,19)/b8-5+. The molecule has 0 spiro atoms. The number of benzene rings is 1. The van der Waals surface area contributed by atoms with Gasteiger partial charge in [0.2, 0.25) is 0 Å². The van der Waals surface area contributed by atoms with E-state index in [4.69, 9.17) is 9.84 Å². The number of carbonyl (C=O) groups excluding carboxylic acids is 1. The lowest BCUT2D eigenvalue weighted by molar-refractivity contribution is -0.131. The van der Waals surface area contributed by atoms with Crippen LogP contribution in [0.4, 0.5) is 10.5 Å². The zero-order valence-corrected chi connectivity index (χ0v) is 11.3. The molecule has 6 nitrogen and oxygen atoms in total. The van der Waals surface area contributed by atoms with Crippen molar-refractivity contribution in [2.75, 3.05) is 25.1 Å². The zero-order valence-electron chi connectivity index (χ0n) is 11.3. The molecule has 1 rings (SSSR count). The molecule has 0 aliphatic rings. The van der Waals surface area contributed by atoms with E-state index >= 15 is 0 Å². The smallest absolute Gasteiger partial charge is 0.328 e. The maximum atomic E-state index is 11.5. The number of nitrogens with one attached hydrogen (secondary N) is 2. The highest BCUT2D eigenvalue weighted by Gasteiger charge is 2.00. The fourth-order valence-corrected chi connectivity index (χ4v) is 1.40. The lowest BCUT2D eigenvalue weighted by atomic mass is 10.2. The molecule has 3 N–H and O–H groups in total. The molecule has 0 bridgehead atoms. The van der Waals surface area contributed by atoms with Crippen molar-refractivity contribution in [3.63, 3.8) is 0 Å². The van der Waals surface area contributed by atoms with E-state index in [9.17, 15) is 9.59 Å². The molecule has 0 radical (unpaired) electrons. The Kier molecular flexibility index (Phi) is 6.84. The van der Waals surface area contributed by atoms with Gasteiger partial charge in [0, 0.05) is 24.9 Å². The van der Waals surface area contributed by atoms with Crippen LogP contribution in [0, 0.1) is 0 Å². The van der Waals surface area contributed by atoms with Gasteiger partial charge >= 0.3 is 12.0 Å². The van der Waals surface area contributed by atoms with Gasteiger partial charge in [-0.25, -0.2) is 9.59 Å². The summed E-state index contributed by atoms with van der Waals surface area (Å²) < 4.78 is 5.10. The maximum absolute atomic E-state index is 11.5. The lowest BCUT2D eigenvalue weighted by Gasteiger charge is -2.07. The second-order valence-electron chi connectivity index (χ2n) is 3.87. The van der Waals surface area contributed by atoms with E-state index in [1.54, 1.807) is 24.3 Å². The molecule has 0 aliphatic carbocycles.